The van der Waals surface area contributed by atoms with Crippen molar-refractivity contribution in [2.45, 2.75) is 19.4 Å². The lowest BCUT2D eigenvalue weighted by atomic mass is 9.92. The Balaban J connectivity index is 2.13. The number of piperidine rings is 1. The number of likely N-dealkylation sites (tertiary alicyclic amines) is 1. The maximum absolute atomic E-state index is 12.4. The van der Waals surface area contributed by atoms with E-state index in [1.54, 1.807) is 6.92 Å². The Hall–Kier alpha value is -2.62. The van der Waals surface area contributed by atoms with Gasteiger partial charge in [-0.3, -0.25) is 4.79 Å². The van der Waals surface area contributed by atoms with Crippen molar-refractivity contribution >= 4 is 22.8 Å². The van der Waals surface area contributed by atoms with Gasteiger partial charge in [-0.15, -0.1) is 0 Å². The Kier molecular flexibility index (Phi) is 2.58. The lowest BCUT2D eigenvalue weighted by Gasteiger charge is -2.41. The molecule has 3 rings (SSSR count). The van der Waals surface area contributed by atoms with Crippen LogP contribution in [0.1, 0.15) is 21.6 Å². The molecular formula is C16H20N6O. The molecule has 2 atom stereocenters. The van der Waals surface area contributed by atoms with Crippen LogP contribution >= 0.6 is 0 Å². The van der Waals surface area contributed by atoms with Crippen LogP contribution in [0.25, 0.3) is 15.9 Å². The van der Waals surface area contributed by atoms with E-state index in [9.17, 15) is 4.79 Å². The van der Waals surface area contributed by atoms with Crippen molar-refractivity contribution in [3.63, 3.8) is 0 Å². The zero-order chi connectivity index (χ0) is 21.7. The van der Waals surface area contributed by atoms with Gasteiger partial charge in [-0.25, -0.2) is 16.5 Å². The molecule has 2 aromatic heterocycles. The smallest absolute Gasteiger partial charge is 0.302 e. The summed E-state index contributed by atoms with van der Waals surface area (Å²) in [7, 11) is 1.53. The molecule has 120 valence electrons. The molecule has 0 radical (unpaired) electrons. The molecule has 1 amide bonds. The van der Waals surface area contributed by atoms with Crippen molar-refractivity contribution in [1.29, 1.82) is 0 Å². The van der Waals surface area contributed by atoms with Crippen LogP contribution in [0.5, 0.6) is 0 Å². The topological polar surface area (TPSA) is 69.5 Å². The second kappa shape index (κ2) is 6.24. The molecule has 7 nitrogen and oxygen atoms in total. The quantitative estimate of drug-likeness (QED) is 0.872. The maximum Gasteiger partial charge on any atom is 0.302 e. The number of hydrogen-bond acceptors (Lipinski definition) is 4. The number of nitrogens with one attached hydrogen (secondary N) is 1. The number of anilines is 1. The molecule has 0 aliphatic carbocycles. The summed E-state index contributed by atoms with van der Waals surface area (Å²) in [6.07, 6.45) is 0.925. The number of nitrogens with zero attached hydrogens (tertiary/aromatic N) is 5. The number of amides is 1. The summed E-state index contributed by atoms with van der Waals surface area (Å²) in [6, 6.07) is -0.963. The van der Waals surface area contributed by atoms with E-state index in [-0.39, 0.29) is 30.2 Å². The highest BCUT2D eigenvalue weighted by Gasteiger charge is 2.33. The summed E-state index contributed by atoms with van der Waals surface area (Å²) < 4.78 is 49.6. The Bertz CT molecular complexity index is 1000. The summed E-state index contributed by atoms with van der Waals surface area (Å²) in [5, 5.41) is 0.305. The predicted molar refractivity (Wildman–Crippen MR) is 87.9 cm³/mol. The fourth-order valence-electron chi connectivity index (χ4n) is 2.56. The molecule has 1 aliphatic rings. The van der Waals surface area contributed by atoms with Gasteiger partial charge in [-0.1, -0.05) is 6.92 Å². The summed E-state index contributed by atoms with van der Waals surface area (Å²) >= 11 is 0. The number of rotatable bonds is 3. The highest BCUT2D eigenvalue weighted by atomic mass is 16.2. The second-order valence-corrected chi connectivity index (χ2v) is 5.37. The molecule has 2 aromatic rings. The van der Waals surface area contributed by atoms with Crippen LogP contribution in [0.4, 0.5) is 5.82 Å². The van der Waals surface area contributed by atoms with E-state index in [0.717, 1.165) is 0 Å². The van der Waals surface area contributed by atoms with E-state index in [4.69, 9.17) is 14.8 Å². The Morgan fingerprint density at radius 1 is 1.70 bits per heavy atom. The lowest BCUT2D eigenvalue weighted by molar-refractivity contribution is -0.130. The van der Waals surface area contributed by atoms with Crippen molar-refractivity contribution in [2.24, 2.45) is 5.92 Å². The van der Waals surface area contributed by atoms with Crippen molar-refractivity contribution in [3.05, 3.63) is 30.0 Å². The Morgan fingerprint density at radius 3 is 3.30 bits per heavy atom. The summed E-state index contributed by atoms with van der Waals surface area (Å²) in [5.41, 5.74) is 0.261. The molecule has 1 fully saturated rings. The van der Waals surface area contributed by atoms with Crippen molar-refractivity contribution in [1.82, 2.24) is 19.9 Å². The molecule has 0 unspecified atom stereocenters. The van der Waals surface area contributed by atoms with Crippen LogP contribution in [-0.4, -0.2) is 58.4 Å². The van der Waals surface area contributed by atoms with Crippen LogP contribution in [0.15, 0.2) is 18.5 Å². The minimum Gasteiger partial charge on any atom is -0.354 e. The summed E-state index contributed by atoms with van der Waals surface area (Å²) in [6.45, 7) is 3.17. The van der Waals surface area contributed by atoms with Crippen LogP contribution in [-0.2, 0) is 4.79 Å². The minimum absolute atomic E-state index is 0.0714. The van der Waals surface area contributed by atoms with E-state index in [1.807, 2.05) is 0 Å². The number of fused-ring (bicyclic) bond motifs is 1. The number of aromatic nitrogens is 3. The number of carbonyl (C=O) groups excluding carboxylic acids is 1. The van der Waals surface area contributed by atoms with Gasteiger partial charge in [0.15, 0.2) is 0 Å². The number of aromatic amines is 1. The summed E-state index contributed by atoms with van der Waals surface area (Å²) in [5.74, 6) is -1.33. The lowest BCUT2D eigenvalue weighted by Crippen LogP contribution is -2.53. The van der Waals surface area contributed by atoms with Gasteiger partial charge in [-0.2, -0.15) is 0 Å². The zero-order valence-corrected chi connectivity index (χ0v) is 12.8. The minimum atomic E-state index is -2.48. The second-order valence-electron chi connectivity index (χ2n) is 5.37. The van der Waals surface area contributed by atoms with E-state index in [1.165, 1.54) is 18.1 Å². The van der Waals surface area contributed by atoms with Crippen molar-refractivity contribution < 1.29 is 13.0 Å². The molecule has 3 heterocycles. The normalized spacial score (nSPS) is 29.3. The van der Waals surface area contributed by atoms with Gasteiger partial charge in [0, 0.05) is 29.0 Å². The monoisotopic (exact) mass is 318 g/mol. The van der Waals surface area contributed by atoms with Crippen molar-refractivity contribution in [3.8, 4) is 0 Å². The number of hydrogen-bond donors (Lipinski definition) is 1. The van der Waals surface area contributed by atoms with E-state index >= 15 is 0 Å². The third-order valence-electron chi connectivity index (χ3n) is 3.79. The van der Waals surface area contributed by atoms with Crippen LogP contribution in [0.3, 0.4) is 0 Å². The average Bonchev–Trinajstić information content (AvgIpc) is 2.92. The number of likely N-dealkylation sites (N-methyl/N-ethyl adjacent to an activating group) is 1. The molecular weight excluding hydrogens is 292 g/mol. The Morgan fingerprint density at radius 2 is 2.52 bits per heavy atom. The third-order valence-corrected chi connectivity index (χ3v) is 3.79. The first kappa shape index (κ1) is 9.50. The zero-order valence-electron chi connectivity index (χ0n) is 18.8. The SMILES string of the molecule is [2H]c1nc(N(C)[C@@H]2[C@H](C)CC([2H])([2H])N(C(=O)C[N+]#[C-])C2([2H])[2H])c2c([2H])c[nH]c2n1. The molecule has 0 spiro atoms. The predicted octanol–water partition coefficient (Wildman–Crippen LogP) is 1.55. The van der Waals surface area contributed by atoms with Gasteiger partial charge >= 0.3 is 5.91 Å². The van der Waals surface area contributed by atoms with Crippen LogP contribution in [0, 0.1) is 12.5 Å². The first-order valence-corrected chi connectivity index (χ1v) is 7.13. The highest BCUT2D eigenvalue weighted by molar-refractivity contribution is 5.87. The number of H-pyrrole nitrogens is 1. The first-order valence-electron chi connectivity index (χ1n) is 10.1. The standard InChI is InChI=1S/C16H20N6O/c1-11-5-7-22(14(23)8-17-2)9-13(11)21(3)16-12-4-6-18-15(12)19-10-20-16/h4,6,10-11,13H,5,7-9H2,1,3H3,(H,18,19,20)/t11-,13+/m1/s1/i4D,7D2,9D2,10D. The van der Waals surface area contributed by atoms with Gasteiger partial charge in [0.05, 0.1) is 15.5 Å². The molecule has 1 saturated heterocycles. The largest absolute Gasteiger partial charge is 0.354 e. The fourth-order valence-corrected chi connectivity index (χ4v) is 2.56. The molecule has 0 saturated carbocycles. The Labute approximate surface area is 143 Å². The van der Waals surface area contributed by atoms with Crippen molar-refractivity contribution in [2.75, 3.05) is 31.5 Å². The molecule has 1 N–H and O–H groups in total. The fraction of sp³-hybridized carbons (Fsp3) is 0.500. The number of carbonyl (C=O) groups is 1. The van der Waals surface area contributed by atoms with Gasteiger partial charge < -0.3 is 19.6 Å². The first-order chi connectivity index (χ1) is 13.4. The molecule has 0 aromatic carbocycles. The van der Waals surface area contributed by atoms with Gasteiger partial charge in [-0.05, 0) is 18.4 Å². The third kappa shape index (κ3) is 2.84. The summed E-state index contributed by atoms with van der Waals surface area (Å²) in [4.78, 5) is 28.2. The van der Waals surface area contributed by atoms with E-state index < -0.39 is 37.4 Å². The molecule has 23 heavy (non-hydrogen) atoms. The molecule has 0 bridgehead atoms. The maximum atomic E-state index is 12.4. The van der Waals surface area contributed by atoms with E-state index in [2.05, 4.69) is 19.8 Å². The van der Waals surface area contributed by atoms with Gasteiger partial charge in [0.25, 0.3) is 6.54 Å². The molecule has 1 aliphatic heterocycles. The van der Waals surface area contributed by atoms with E-state index in [0.29, 0.717) is 10.3 Å². The van der Waals surface area contributed by atoms with Gasteiger partial charge in [0.1, 0.15) is 19.1 Å². The van der Waals surface area contributed by atoms with Crippen LogP contribution < -0.4 is 4.90 Å². The highest BCUT2D eigenvalue weighted by Crippen LogP contribution is 2.28. The van der Waals surface area contributed by atoms with Crippen LogP contribution in [0.2, 0.25) is 0 Å². The average molecular weight is 318 g/mol. The molecule has 7 heteroatoms. The van der Waals surface area contributed by atoms with Gasteiger partial charge in [0.2, 0.25) is 0 Å².